The van der Waals surface area contributed by atoms with Crippen LogP contribution < -0.4 is 10.1 Å². The lowest BCUT2D eigenvalue weighted by Gasteiger charge is -2.51. The first kappa shape index (κ1) is 27.4. The van der Waals surface area contributed by atoms with Gasteiger partial charge in [-0.3, -0.25) is 14.4 Å². The van der Waals surface area contributed by atoms with Crippen molar-refractivity contribution in [2.45, 2.75) is 52.5 Å². The zero-order valence-corrected chi connectivity index (χ0v) is 22.8. The average Bonchev–Trinajstić information content (AvgIpc) is 2.90. The molecule has 2 aliphatic rings. The van der Waals surface area contributed by atoms with E-state index in [-0.39, 0.29) is 36.0 Å². The number of likely N-dealkylation sites (tertiary alicyclic amines) is 1. The normalized spacial score (nSPS) is 22.2. The molecule has 0 radical (unpaired) electrons. The van der Waals surface area contributed by atoms with Gasteiger partial charge in [0.15, 0.2) is 0 Å². The van der Waals surface area contributed by atoms with E-state index in [4.69, 9.17) is 9.47 Å². The minimum atomic E-state index is -0.971. The van der Waals surface area contributed by atoms with E-state index in [1.54, 1.807) is 12.0 Å². The lowest BCUT2D eigenvalue weighted by Crippen LogP contribution is -2.55. The minimum Gasteiger partial charge on any atom is -0.496 e. The van der Waals surface area contributed by atoms with Crippen molar-refractivity contribution in [2.24, 2.45) is 16.7 Å². The molecule has 7 heteroatoms. The molecule has 1 N–H and O–H groups in total. The second-order valence-corrected chi connectivity index (χ2v) is 11.1. The first-order valence-electron chi connectivity index (χ1n) is 13.2. The summed E-state index contributed by atoms with van der Waals surface area (Å²) in [6, 6.07) is 17.4. The van der Waals surface area contributed by atoms with Gasteiger partial charge in [-0.2, -0.15) is 0 Å². The molecule has 38 heavy (non-hydrogen) atoms. The quantitative estimate of drug-likeness (QED) is 0.488. The number of fused-ring (bicyclic) bond motifs is 1. The maximum Gasteiger partial charge on any atom is 0.317 e. The van der Waals surface area contributed by atoms with Gasteiger partial charge in [0, 0.05) is 24.6 Å². The second-order valence-electron chi connectivity index (χ2n) is 11.1. The fourth-order valence-corrected chi connectivity index (χ4v) is 6.03. The van der Waals surface area contributed by atoms with Gasteiger partial charge in [-0.1, -0.05) is 68.5 Å². The molecule has 0 unspecified atom stereocenters. The van der Waals surface area contributed by atoms with Crippen LogP contribution in [0.15, 0.2) is 66.4 Å². The van der Waals surface area contributed by atoms with Crippen molar-refractivity contribution in [1.82, 2.24) is 10.2 Å². The Labute approximate surface area is 225 Å². The number of carbonyl (C=O) groups is 3. The maximum atomic E-state index is 13.8. The summed E-state index contributed by atoms with van der Waals surface area (Å²) >= 11 is 0. The molecule has 1 fully saturated rings. The van der Waals surface area contributed by atoms with E-state index in [0.717, 1.165) is 23.3 Å². The number of ether oxygens (including phenoxy) is 2. The van der Waals surface area contributed by atoms with Crippen LogP contribution in [0.25, 0.3) is 0 Å². The Kier molecular flexibility index (Phi) is 8.24. The van der Waals surface area contributed by atoms with E-state index in [1.165, 1.54) is 7.11 Å². The highest BCUT2D eigenvalue weighted by Gasteiger charge is 2.57. The Morgan fingerprint density at radius 2 is 1.76 bits per heavy atom. The molecule has 4 rings (SSSR count). The van der Waals surface area contributed by atoms with E-state index in [0.29, 0.717) is 31.6 Å². The Morgan fingerprint density at radius 3 is 2.47 bits per heavy atom. The van der Waals surface area contributed by atoms with Gasteiger partial charge >= 0.3 is 5.97 Å². The van der Waals surface area contributed by atoms with Crippen molar-refractivity contribution in [3.8, 4) is 5.75 Å². The Hall–Kier alpha value is -3.61. The lowest BCUT2D eigenvalue weighted by molar-refractivity contribution is -0.162. The fraction of sp³-hybridized carbons (Fsp3) is 0.452. The van der Waals surface area contributed by atoms with E-state index >= 15 is 0 Å². The van der Waals surface area contributed by atoms with Crippen molar-refractivity contribution >= 4 is 17.8 Å². The van der Waals surface area contributed by atoms with E-state index < -0.39 is 11.3 Å². The Morgan fingerprint density at radius 1 is 1.05 bits per heavy atom. The van der Waals surface area contributed by atoms with Crippen LogP contribution >= 0.6 is 0 Å². The molecule has 1 saturated heterocycles. The molecular formula is C31H38N2O5. The lowest BCUT2D eigenvalue weighted by atomic mass is 9.59. The van der Waals surface area contributed by atoms with Crippen LogP contribution in [0.1, 0.15) is 50.7 Å². The largest absolute Gasteiger partial charge is 0.496 e. The van der Waals surface area contributed by atoms with E-state index in [1.807, 2.05) is 60.7 Å². The SMILES string of the molecule is COC(=O)[C@@]12C[C@@H](CC(=O)NCCc3ccccc3OC)C(=O)N(Cc3ccccc3)C1=CCC(C)(C)C2. The number of nitrogens with one attached hydrogen (secondary N) is 1. The molecule has 1 heterocycles. The van der Waals surface area contributed by atoms with Crippen molar-refractivity contribution in [3.63, 3.8) is 0 Å². The summed E-state index contributed by atoms with van der Waals surface area (Å²) in [5.41, 5.74) is 1.57. The molecular weight excluding hydrogens is 480 g/mol. The number of hydrogen-bond donors (Lipinski definition) is 1. The van der Waals surface area contributed by atoms with Gasteiger partial charge in [-0.05, 0) is 48.3 Å². The van der Waals surface area contributed by atoms with Gasteiger partial charge in [-0.25, -0.2) is 0 Å². The minimum absolute atomic E-state index is 0.0164. The first-order chi connectivity index (χ1) is 18.2. The zero-order chi connectivity index (χ0) is 27.3. The second kappa shape index (κ2) is 11.4. The molecule has 7 nitrogen and oxygen atoms in total. The summed E-state index contributed by atoms with van der Waals surface area (Å²) < 4.78 is 10.7. The van der Waals surface area contributed by atoms with Crippen molar-refractivity contribution in [3.05, 3.63) is 77.5 Å². The molecule has 2 atom stereocenters. The van der Waals surface area contributed by atoms with Crippen LogP contribution in [0.5, 0.6) is 5.75 Å². The van der Waals surface area contributed by atoms with Crippen LogP contribution in [0.4, 0.5) is 0 Å². The number of hydrogen-bond acceptors (Lipinski definition) is 5. The van der Waals surface area contributed by atoms with Gasteiger partial charge in [0.1, 0.15) is 11.2 Å². The van der Waals surface area contributed by atoms with Crippen LogP contribution in [0, 0.1) is 16.7 Å². The van der Waals surface area contributed by atoms with Crippen LogP contribution in [-0.4, -0.2) is 43.4 Å². The summed E-state index contributed by atoms with van der Waals surface area (Å²) in [5.74, 6) is -0.529. The monoisotopic (exact) mass is 518 g/mol. The summed E-state index contributed by atoms with van der Waals surface area (Å²) in [6.07, 6.45) is 4.24. The number of carbonyl (C=O) groups excluding carboxylic acids is 3. The number of allylic oxidation sites excluding steroid dienone is 1. The number of para-hydroxylation sites is 1. The highest BCUT2D eigenvalue weighted by molar-refractivity contribution is 5.92. The van der Waals surface area contributed by atoms with Crippen molar-refractivity contribution in [2.75, 3.05) is 20.8 Å². The fourth-order valence-electron chi connectivity index (χ4n) is 6.03. The summed E-state index contributed by atoms with van der Waals surface area (Å²) in [5, 5.41) is 2.96. The highest BCUT2D eigenvalue weighted by Crippen LogP contribution is 2.55. The third-order valence-electron chi connectivity index (χ3n) is 7.72. The number of piperidine rings is 1. The van der Waals surface area contributed by atoms with Crippen molar-refractivity contribution < 1.29 is 23.9 Å². The van der Waals surface area contributed by atoms with E-state index in [2.05, 4.69) is 19.2 Å². The zero-order valence-electron chi connectivity index (χ0n) is 22.8. The third-order valence-corrected chi connectivity index (χ3v) is 7.72. The smallest absolute Gasteiger partial charge is 0.317 e. The molecule has 0 spiro atoms. The molecule has 0 bridgehead atoms. The highest BCUT2D eigenvalue weighted by atomic mass is 16.5. The van der Waals surface area contributed by atoms with Gasteiger partial charge < -0.3 is 19.7 Å². The molecule has 1 aliphatic carbocycles. The molecule has 0 saturated carbocycles. The van der Waals surface area contributed by atoms with Gasteiger partial charge in [0.25, 0.3) is 0 Å². The molecule has 0 aromatic heterocycles. The molecule has 2 aromatic rings. The summed E-state index contributed by atoms with van der Waals surface area (Å²) in [7, 11) is 3.02. The Bertz CT molecular complexity index is 1210. The first-order valence-corrected chi connectivity index (χ1v) is 13.2. The number of esters is 1. The summed E-state index contributed by atoms with van der Waals surface area (Å²) in [4.78, 5) is 42.0. The third kappa shape index (κ3) is 5.77. The molecule has 2 aromatic carbocycles. The van der Waals surface area contributed by atoms with Crippen LogP contribution in [0.2, 0.25) is 0 Å². The predicted octanol–water partition coefficient (Wildman–Crippen LogP) is 4.66. The number of benzene rings is 2. The van der Waals surface area contributed by atoms with E-state index in [9.17, 15) is 14.4 Å². The number of rotatable bonds is 9. The van der Waals surface area contributed by atoms with Crippen molar-refractivity contribution in [1.29, 1.82) is 0 Å². The van der Waals surface area contributed by atoms with Gasteiger partial charge in [-0.15, -0.1) is 0 Å². The molecule has 202 valence electrons. The Balaban J connectivity index is 1.56. The summed E-state index contributed by atoms with van der Waals surface area (Å²) in [6.45, 7) is 5.02. The van der Waals surface area contributed by atoms with Crippen LogP contribution in [-0.2, 0) is 32.1 Å². The standard InChI is InChI=1S/C31H38N2O5/c1-30(2)16-14-26-31(21-30,29(36)38-4)19-24(28(35)33(26)20-22-10-6-5-7-11-22)18-27(34)32-17-15-23-12-8-9-13-25(23)37-3/h5-14,24H,15-21H2,1-4H3,(H,32,34)/t24-,31-/m1/s1. The van der Waals surface area contributed by atoms with Crippen LogP contribution in [0.3, 0.4) is 0 Å². The molecule has 1 aliphatic heterocycles. The van der Waals surface area contributed by atoms with Gasteiger partial charge in [0.2, 0.25) is 11.8 Å². The number of methoxy groups -OCH3 is 2. The topological polar surface area (TPSA) is 84.9 Å². The average molecular weight is 519 g/mol. The maximum absolute atomic E-state index is 13.8. The molecule has 2 amide bonds. The van der Waals surface area contributed by atoms with Gasteiger partial charge in [0.05, 0.1) is 20.8 Å². The predicted molar refractivity (Wildman–Crippen MR) is 145 cm³/mol. The number of amides is 2. The number of nitrogens with zero attached hydrogens (tertiary/aromatic N) is 1.